The summed E-state index contributed by atoms with van der Waals surface area (Å²) in [7, 11) is 0. The first-order valence-electron chi connectivity index (χ1n) is 8.16. The summed E-state index contributed by atoms with van der Waals surface area (Å²) in [6, 6.07) is 5.51. The third-order valence-corrected chi connectivity index (χ3v) is 4.04. The molecule has 8 nitrogen and oxygen atoms in total. The van der Waals surface area contributed by atoms with Crippen molar-refractivity contribution < 1.29 is 19.0 Å². The summed E-state index contributed by atoms with van der Waals surface area (Å²) in [5.41, 5.74) is 1.07. The average Bonchev–Trinajstić information content (AvgIpc) is 3.31. The second-order valence-corrected chi connectivity index (χ2v) is 5.82. The van der Waals surface area contributed by atoms with Crippen LogP contribution in [0, 0.1) is 0 Å². The molecule has 8 heteroatoms. The van der Waals surface area contributed by atoms with E-state index in [1.165, 1.54) is 12.4 Å². The van der Waals surface area contributed by atoms with Crippen LogP contribution in [0.4, 0.5) is 11.5 Å². The maximum atomic E-state index is 12.1. The molecule has 25 heavy (non-hydrogen) atoms. The SMILES string of the molecule is O=C(NCC1CCCO1)c1cnc(Nc2ccc3c(c2)OCO3)cn1. The summed E-state index contributed by atoms with van der Waals surface area (Å²) < 4.78 is 16.1. The molecule has 2 aromatic rings. The van der Waals surface area contributed by atoms with Crippen molar-refractivity contribution in [2.45, 2.75) is 18.9 Å². The number of fused-ring (bicyclic) bond motifs is 1. The zero-order valence-corrected chi connectivity index (χ0v) is 13.5. The average molecular weight is 342 g/mol. The molecular formula is C17H18N4O4. The minimum absolute atomic E-state index is 0.101. The summed E-state index contributed by atoms with van der Waals surface area (Å²) in [6.07, 6.45) is 5.08. The molecule has 2 aliphatic rings. The summed E-state index contributed by atoms with van der Waals surface area (Å²) in [5.74, 6) is 1.69. The van der Waals surface area contributed by atoms with E-state index in [0.29, 0.717) is 18.1 Å². The van der Waals surface area contributed by atoms with Crippen LogP contribution in [0.1, 0.15) is 23.3 Å². The molecule has 0 saturated carbocycles. The van der Waals surface area contributed by atoms with Crippen LogP contribution in [0.15, 0.2) is 30.6 Å². The van der Waals surface area contributed by atoms with E-state index in [9.17, 15) is 4.79 Å². The smallest absolute Gasteiger partial charge is 0.271 e. The molecule has 0 spiro atoms. The number of benzene rings is 1. The highest BCUT2D eigenvalue weighted by Gasteiger charge is 2.17. The fourth-order valence-electron chi connectivity index (χ4n) is 2.73. The lowest BCUT2D eigenvalue weighted by atomic mass is 10.2. The standard InChI is InChI=1S/C17H18N4O4/c22-17(20-7-12-2-1-5-23-12)13-8-19-16(9-18-13)21-11-3-4-14-15(6-11)25-10-24-14/h3-4,6,8-9,12H,1-2,5,7,10H2,(H,19,21)(H,20,22). The second kappa shape index (κ2) is 6.94. The predicted octanol–water partition coefficient (Wildman–Crippen LogP) is 1.86. The molecule has 1 amide bonds. The predicted molar refractivity (Wildman–Crippen MR) is 89.2 cm³/mol. The highest BCUT2D eigenvalue weighted by atomic mass is 16.7. The van der Waals surface area contributed by atoms with E-state index in [0.717, 1.165) is 30.9 Å². The number of nitrogens with zero attached hydrogens (tertiary/aromatic N) is 2. The van der Waals surface area contributed by atoms with E-state index in [2.05, 4.69) is 20.6 Å². The lowest BCUT2D eigenvalue weighted by molar-refractivity contribution is 0.0853. The van der Waals surface area contributed by atoms with Crippen LogP contribution < -0.4 is 20.1 Å². The minimum atomic E-state index is -0.252. The molecule has 2 N–H and O–H groups in total. The maximum Gasteiger partial charge on any atom is 0.271 e. The van der Waals surface area contributed by atoms with Crippen molar-refractivity contribution in [1.82, 2.24) is 15.3 Å². The number of hydrogen-bond donors (Lipinski definition) is 2. The Morgan fingerprint density at radius 3 is 2.92 bits per heavy atom. The van der Waals surface area contributed by atoms with Crippen LogP contribution in [-0.4, -0.2) is 41.9 Å². The van der Waals surface area contributed by atoms with E-state index in [1.54, 1.807) is 0 Å². The molecule has 0 bridgehead atoms. The van der Waals surface area contributed by atoms with Gasteiger partial charge in [-0.05, 0) is 25.0 Å². The van der Waals surface area contributed by atoms with Gasteiger partial charge in [-0.15, -0.1) is 0 Å². The van der Waals surface area contributed by atoms with Crippen LogP contribution in [0.3, 0.4) is 0 Å². The topological polar surface area (TPSA) is 94.6 Å². The lowest BCUT2D eigenvalue weighted by Gasteiger charge is -2.10. The van der Waals surface area contributed by atoms with Gasteiger partial charge in [-0.25, -0.2) is 9.97 Å². The minimum Gasteiger partial charge on any atom is -0.454 e. The lowest BCUT2D eigenvalue weighted by Crippen LogP contribution is -2.32. The summed E-state index contributed by atoms with van der Waals surface area (Å²) >= 11 is 0. The van der Waals surface area contributed by atoms with Crippen molar-refractivity contribution in [3.05, 3.63) is 36.3 Å². The second-order valence-electron chi connectivity index (χ2n) is 5.82. The van der Waals surface area contributed by atoms with E-state index in [-0.39, 0.29) is 24.5 Å². The quantitative estimate of drug-likeness (QED) is 0.856. The van der Waals surface area contributed by atoms with Crippen molar-refractivity contribution in [2.24, 2.45) is 0 Å². The number of nitrogens with one attached hydrogen (secondary N) is 2. The Bertz CT molecular complexity index is 760. The Labute approximate surface area is 144 Å². The van der Waals surface area contributed by atoms with Crippen LogP contribution in [0.25, 0.3) is 0 Å². The molecule has 130 valence electrons. The van der Waals surface area contributed by atoms with Crippen molar-refractivity contribution in [1.29, 1.82) is 0 Å². The van der Waals surface area contributed by atoms with Gasteiger partial charge in [0.2, 0.25) is 6.79 Å². The van der Waals surface area contributed by atoms with Crippen LogP contribution in [-0.2, 0) is 4.74 Å². The Morgan fingerprint density at radius 1 is 1.20 bits per heavy atom. The third kappa shape index (κ3) is 3.63. The van der Waals surface area contributed by atoms with Crippen LogP contribution >= 0.6 is 0 Å². The number of rotatable bonds is 5. The van der Waals surface area contributed by atoms with Crippen LogP contribution in [0.2, 0.25) is 0 Å². The molecule has 1 unspecified atom stereocenters. The number of anilines is 2. The molecule has 2 aliphatic heterocycles. The number of hydrogen-bond acceptors (Lipinski definition) is 7. The number of carbonyl (C=O) groups is 1. The fraction of sp³-hybridized carbons (Fsp3) is 0.353. The van der Waals surface area contributed by atoms with E-state index < -0.39 is 0 Å². The molecule has 0 radical (unpaired) electrons. The van der Waals surface area contributed by atoms with Crippen molar-refractivity contribution in [3.63, 3.8) is 0 Å². The number of aromatic nitrogens is 2. The summed E-state index contributed by atoms with van der Waals surface area (Å²) in [6.45, 7) is 1.49. The van der Waals surface area contributed by atoms with Gasteiger partial charge >= 0.3 is 0 Å². The summed E-state index contributed by atoms with van der Waals surface area (Å²) in [4.78, 5) is 20.5. The monoisotopic (exact) mass is 342 g/mol. The van der Waals surface area contributed by atoms with E-state index in [4.69, 9.17) is 14.2 Å². The van der Waals surface area contributed by atoms with Gasteiger partial charge in [-0.3, -0.25) is 4.79 Å². The Hall–Kier alpha value is -2.87. The molecule has 1 saturated heterocycles. The van der Waals surface area contributed by atoms with E-state index in [1.807, 2.05) is 18.2 Å². The number of ether oxygens (including phenoxy) is 3. The van der Waals surface area contributed by atoms with Gasteiger partial charge in [0.15, 0.2) is 11.5 Å². The normalized spacial score (nSPS) is 18.2. The maximum absolute atomic E-state index is 12.1. The molecule has 3 heterocycles. The van der Waals surface area contributed by atoms with Gasteiger partial charge in [0.25, 0.3) is 5.91 Å². The first-order valence-corrected chi connectivity index (χ1v) is 8.16. The summed E-state index contributed by atoms with van der Waals surface area (Å²) in [5, 5.41) is 5.94. The molecule has 1 aromatic carbocycles. The van der Waals surface area contributed by atoms with Crippen molar-refractivity contribution in [2.75, 3.05) is 25.3 Å². The third-order valence-electron chi connectivity index (χ3n) is 4.04. The Morgan fingerprint density at radius 2 is 2.12 bits per heavy atom. The first-order chi connectivity index (χ1) is 12.3. The van der Waals surface area contributed by atoms with Gasteiger partial charge in [-0.2, -0.15) is 0 Å². The zero-order valence-electron chi connectivity index (χ0n) is 13.5. The molecule has 1 aromatic heterocycles. The molecular weight excluding hydrogens is 324 g/mol. The van der Waals surface area contributed by atoms with E-state index >= 15 is 0 Å². The Kier molecular flexibility index (Phi) is 4.34. The number of carbonyl (C=O) groups excluding carboxylic acids is 1. The van der Waals surface area contributed by atoms with Gasteiger partial charge < -0.3 is 24.8 Å². The molecule has 4 rings (SSSR count). The van der Waals surface area contributed by atoms with Gasteiger partial charge in [-0.1, -0.05) is 0 Å². The highest BCUT2D eigenvalue weighted by molar-refractivity contribution is 5.92. The number of amides is 1. The first kappa shape index (κ1) is 15.6. The van der Waals surface area contributed by atoms with Gasteiger partial charge in [0.1, 0.15) is 11.5 Å². The molecule has 1 atom stereocenters. The highest BCUT2D eigenvalue weighted by Crippen LogP contribution is 2.34. The fourth-order valence-corrected chi connectivity index (χ4v) is 2.73. The van der Waals surface area contributed by atoms with Gasteiger partial charge in [0, 0.05) is 24.9 Å². The molecule has 0 aliphatic carbocycles. The van der Waals surface area contributed by atoms with Crippen molar-refractivity contribution >= 4 is 17.4 Å². The molecule has 1 fully saturated rings. The van der Waals surface area contributed by atoms with Crippen molar-refractivity contribution in [3.8, 4) is 11.5 Å². The largest absolute Gasteiger partial charge is 0.454 e. The van der Waals surface area contributed by atoms with Crippen LogP contribution in [0.5, 0.6) is 11.5 Å². The Balaban J connectivity index is 1.35. The zero-order chi connectivity index (χ0) is 17.1. The van der Waals surface area contributed by atoms with Gasteiger partial charge in [0.05, 0.1) is 18.5 Å².